The number of nitrogens with one attached hydrogen (secondary N) is 1. The van der Waals surface area contributed by atoms with E-state index in [1.165, 1.54) is 0 Å². The van der Waals surface area contributed by atoms with Crippen molar-refractivity contribution >= 4 is 9.84 Å². The molecular weight excluding hydrogens is 238 g/mol. The normalized spacial score (nSPS) is 14.9. The smallest absolute Gasteiger partial charge is 0.155 e. The number of hydrogen-bond acceptors (Lipinski definition) is 4. The van der Waals surface area contributed by atoms with E-state index >= 15 is 0 Å². The van der Waals surface area contributed by atoms with E-state index in [0.29, 0.717) is 13.0 Å². The molecule has 4 nitrogen and oxygen atoms in total. The quantitative estimate of drug-likeness (QED) is 0.724. The molecular formula is C12H27NO3S. The summed E-state index contributed by atoms with van der Waals surface area (Å²) < 4.78 is 28.2. The molecule has 0 fully saturated rings. The first-order valence-corrected chi connectivity index (χ1v) is 7.84. The summed E-state index contributed by atoms with van der Waals surface area (Å²) >= 11 is 0. The summed E-state index contributed by atoms with van der Waals surface area (Å²) in [6, 6.07) is 0.250. The number of ether oxygens (including phenoxy) is 1. The van der Waals surface area contributed by atoms with Crippen molar-refractivity contribution in [3.05, 3.63) is 0 Å². The Labute approximate surface area is 106 Å². The van der Waals surface area contributed by atoms with Gasteiger partial charge >= 0.3 is 0 Å². The zero-order valence-electron chi connectivity index (χ0n) is 11.7. The maximum absolute atomic E-state index is 11.9. The average molecular weight is 265 g/mol. The van der Waals surface area contributed by atoms with E-state index in [-0.39, 0.29) is 11.8 Å². The van der Waals surface area contributed by atoms with Crippen LogP contribution in [0.4, 0.5) is 0 Å². The highest BCUT2D eigenvalue weighted by Crippen LogP contribution is 2.17. The Bertz CT molecular complexity index is 287. The van der Waals surface area contributed by atoms with Crippen LogP contribution in [0, 0.1) is 0 Å². The minimum absolute atomic E-state index is 0.250. The third-order valence-electron chi connectivity index (χ3n) is 2.76. The molecule has 1 atom stereocenters. The van der Waals surface area contributed by atoms with Gasteiger partial charge in [0.05, 0.1) is 17.1 Å². The van der Waals surface area contributed by atoms with Crippen LogP contribution in [0.1, 0.15) is 40.5 Å². The van der Waals surface area contributed by atoms with Gasteiger partial charge in [-0.3, -0.25) is 0 Å². The second-order valence-corrected chi connectivity index (χ2v) is 8.15. The zero-order chi connectivity index (χ0) is 13.5. The number of methoxy groups -OCH3 is 1. The van der Waals surface area contributed by atoms with E-state index in [9.17, 15) is 8.42 Å². The molecule has 5 heteroatoms. The molecule has 0 amide bonds. The fourth-order valence-corrected chi connectivity index (χ4v) is 2.72. The third kappa shape index (κ3) is 6.38. The van der Waals surface area contributed by atoms with Gasteiger partial charge in [0.1, 0.15) is 0 Å². The first-order valence-electron chi connectivity index (χ1n) is 6.19. The molecule has 104 valence electrons. The highest BCUT2D eigenvalue weighted by molar-refractivity contribution is 7.92. The Morgan fingerprint density at radius 1 is 1.29 bits per heavy atom. The lowest BCUT2D eigenvalue weighted by Crippen LogP contribution is -2.35. The lowest BCUT2D eigenvalue weighted by Gasteiger charge is -2.21. The molecule has 0 aliphatic carbocycles. The van der Waals surface area contributed by atoms with Crippen LogP contribution >= 0.6 is 0 Å². The highest BCUT2D eigenvalue weighted by Gasteiger charge is 2.28. The molecule has 0 aliphatic heterocycles. The molecule has 0 rings (SSSR count). The minimum atomic E-state index is -2.99. The number of sulfone groups is 1. The second kappa shape index (κ2) is 7.34. The molecule has 0 aromatic heterocycles. The fraction of sp³-hybridized carbons (Fsp3) is 1.00. The van der Waals surface area contributed by atoms with Crippen LogP contribution in [0.15, 0.2) is 0 Å². The molecule has 0 aliphatic rings. The van der Waals surface area contributed by atoms with Crippen molar-refractivity contribution < 1.29 is 13.2 Å². The lowest BCUT2D eigenvalue weighted by atomic mass is 10.2. The van der Waals surface area contributed by atoms with E-state index in [1.54, 1.807) is 27.9 Å². The lowest BCUT2D eigenvalue weighted by molar-refractivity contribution is 0.163. The highest BCUT2D eigenvalue weighted by atomic mass is 32.2. The topological polar surface area (TPSA) is 55.4 Å². The van der Waals surface area contributed by atoms with Crippen molar-refractivity contribution in [2.45, 2.75) is 51.3 Å². The van der Waals surface area contributed by atoms with Gasteiger partial charge in [-0.05, 0) is 40.2 Å². The SMILES string of the molecule is CCNC(CCCS(=O)(=O)C(C)(C)C)COC. The van der Waals surface area contributed by atoms with Gasteiger partial charge in [0.25, 0.3) is 0 Å². The second-order valence-electron chi connectivity index (χ2n) is 5.28. The minimum Gasteiger partial charge on any atom is -0.383 e. The van der Waals surface area contributed by atoms with Gasteiger partial charge in [0.15, 0.2) is 9.84 Å². The average Bonchev–Trinajstić information content (AvgIpc) is 2.16. The van der Waals surface area contributed by atoms with E-state index in [0.717, 1.165) is 13.0 Å². The molecule has 0 saturated heterocycles. The van der Waals surface area contributed by atoms with Gasteiger partial charge in [-0.1, -0.05) is 6.92 Å². The summed E-state index contributed by atoms with van der Waals surface area (Å²) in [4.78, 5) is 0. The monoisotopic (exact) mass is 265 g/mol. The molecule has 17 heavy (non-hydrogen) atoms. The predicted octanol–water partition coefficient (Wildman–Crippen LogP) is 1.60. The van der Waals surface area contributed by atoms with Crippen LogP contribution in [0.2, 0.25) is 0 Å². The summed E-state index contributed by atoms with van der Waals surface area (Å²) in [7, 11) is -1.33. The first-order chi connectivity index (χ1) is 7.74. The summed E-state index contributed by atoms with van der Waals surface area (Å²) in [5.74, 6) is 0.252. The number of hydrogen-bond donors (Lipinski definition) is 1. The van der Waals surface area contributed by atoms with E-state index < -0.39 is 14.6 Å². The van der Waals surface area contributed by atoms with Gasteiger partial charge in [0.2, 0.25) is 0 Å². The molecule has 0 bridgehead atoms. The van der Waals surface area contributed by atoms with Gasteiger partial charge in [-0.15, -0.1) is 0 Å². The Morgan fingerprint density at radius 2 is 1.88 bits per heavy atom. The molecule has 0 spiro atoms. The molecule has 1 N–H and O–H groups in total. The Kier molecular flexibility index (Phi) is 7.28. The Balaban J connectivity index is 4.12. The van der Waals surface area contributed by atoms with Crippen molar-refractivity contribution in [3.63, 3.8) is 0 Å². The molecule has 0 aromatic carbocycles. The predicted molar refractivity (Wildman–Crippen MR) is 72.1 cm³/mol. The molecule has 1 unspecified atom stereocenters. The van der Waals surface area contributed by atoms with Crippen LogP contribution in [-0.2, 0) is 14.6 Å². The zero-order valence-corrected chi connectivity index (χ0v) is 12.6. The van der Waals surface area contributed by atoms with Crippen LogP contribution in [0.3, 0.4) is 0 Å². The van der Waals surface area contributed by atoms with Gasteiger partial charge in [0, 0.05) is 13.2 Å². The summed E-state index contributed by atoms with van der Waals surface area (Å²) in [6.07, 6.45) is 1.51. The van der Waals surface area contributed by atoms with Crippen LogP contribution < -0.4 is 5.32 Å². The van der Waals surface area contributed by atoms with Crippen LogP contribution in [0.5, 0.6) is 0 Å². The number of rotatable bonds is 8. The van der Waals surface area contributed by atoms with Crippen LogP contribution in [0.25, 0.3) is 0 Å². The summed E-state index contributed by atoms with van der Waals surface area (Å²) in [5.41, 5.74) is 0. The summed E-state index contributed by atoms with van der Waals surface area (Å²) in [5, 5.41) is 3.29. The standard InChI is InChI=1S/C12H27NO3S/c1-6-13-11(10-16-5)8-7-9-17(14,15)12(2,3)4/h11,13H,6-10H2,1-5H3. The van der Waals surface area contributed by atoms with E-state index in [1.807, 2.05) is 6.92 Å². The van der Waals surface area contributed by atoms with Crippen molar-refractivity contribution in [2.24, 2.45) is 0 Å². The number of likely N-dealkylation sites (N-methyl/N-ethyl adjacent to an activating group) is 1. The summed E-state index contributed by atoms with van der Waals surface area (Å²) in [6.45, 7) is 8.79. The van der Waals surface area contributed by atoms with Crippen LogP contribution in [-0.4, -0.2) is 45.2 Å². The fourth-order valence-electron chi connectivity index (χ4n) is 1.56. The Morgan fingerprint density at radius 3 is 2.29 bits per heavy atom. The first kappa shape index (κ1) is 16.9. The molecule has 0 saturated carbocycles. The van der Waals surface area contributed by atoms with Crippen molar-refractivity contribution in [3.8, 4) is 0 Å². The third-order valence-corrected chi connectivity index (χ3v) is 5.45. The Hall–Kier alpha value is -0.130. The van der Waals surface area contributed by atoms with Crippen molar-refractivity contribution in [1.29, 1.82) is 0 Å². The molecule has 0 radical (unpaired) electrons. The van der Waals surface area contributed by atoms with Gasteiger partial charge < -0.3 is 10.1 Å². The van der Waals surface area contributed by atoms with Crippen molar-refractivity contribution in [1.82, 2.24) is 5.32 Å². The van der Waals surface area contributed by atoms with Crippen molar-refractivity contribution in [2.75, 3.05) is 26.0 Å². The largest absolute Gasteiger partial charge is 0.383 e. The van der Waals surface area contributed by atoms with E-state index in [4.69, 9.17) is 4.74 Å². The maximum Gasteiger partial charge on any atom is 0.155 e. The van der Waals surface area contributed by atoms with Gasteiger partial charge in [-0.2, -0.15) is 0 Å². The maximum atomic E-state index is 11.9. The van der Waals surface area contributed by atoms with Gasteiger partial charge in [-0.25, -0.2) is 8.42 Å². The van der Waals surface area contributed by atoms with E-state index in [2.05, 4.69) is 5.32 Å². The molecule has 0 heterocycles. The molecule has 0 aromatic rings.